The lowest BCUT2D eigenvalue weighted by Crippen LogP contribution is -2.50. The van der Waals surface area contributed by atoms with E-state index in [1.807, 2.05) is 29.2 Å². The molecule has 8 nitrogen and oxygen atoms in total. The molecule has 2 heterocycles. The van der Waals surface area contributed by atoms with Crippen molar-refractivity contribution in [3.8, 4) is 0 Å². The number of carbonyl (C=O) groups is 2. The lowest BCUT2D eigenvalue weighted by molar-refractivity contribution is -0.132. The first-order valence-electron chi connectivity index (χ1n) is 13.9. The Hall–Kier alpha value is -2.61. The minimum absolute atomic E-state index is 0.0178. The van der Waals surface area contributed by atoms with Gasteiger partial charge >= 0.3 is 6.03 Å². The fraction of sp³-hybridized carbons (Fsp3) is 0.679. The lowest BCUT2D eigenvalue weighted by atomic mass is 9.77. The first-order chi connectivity index (χ1) is 17.4. The fourth-order valence-corrected chi connectivity index (χ4v) is 5.87. The topological polar surface area (TPSA) is 91.8 Å². The summed E-state index contributed by atoms with van der Waals surface area (Å²) in [4.78, 5) is 31.9. The highest BCUT2D eigenvalue weighted by atomic mass is 16.2. The molecule has 4 rings (SSSR count). The highest BCUT2D eigenvalue weighted by molar-refractivity contribution is 6.07. The Morgan fingerprint density at radius 3 is 2.42 bits per heavy atom. The Labute approximate surface area is 216 Å². The maximum Gasteiger partial charge on any atom is 0.317 e. The SMILES string of the molecule is CCCCC1(CC2CCCCC2)NC(=N)N(Cc2ccc(CNC(=O)N3CCN(C)CC3)cc2)C1=O. The zero-order valence-electron chi connectivity index (χ0n) is 22.2. The van der Waals surface area contributed by atoms with E-state index in [0.29, 0.717) is 19.0 Å². The summed E-state index contributed by atoms with van der Waals surface area (Å²) in [6.07, 6.45) is 9.88. The molecular weight excluding hydrogens is 452 g/mol. The summed E-state index contributed by atoms with van der Waals surface area (Å²) >= 11 is 0. The van der Waals surface area contributed by atoms with Crippen LogP contribution in [-0.2, 0) is 17.9 Å². The molecule has 1 unspecified atom stereocenters. The number of urea groups is 1. The third-order valence-electron chi connectivity index (χ3n) is 8.20. The van der Waals surface area contributed by atoms with Crippen LogP contribution in [0.5, 0.6) is 0 Å². The van der Waals surface area contributed by atoms with Crippen LogP contribution < -0.4 is 10.6 Å². The van der Waals surface area contributed by atoms with Crippen molar-refractivity contribution in [2.45, 2.75) is 83.3 Å². The van der Waals surface area contributed by atoms with Gasteiger partial charge in [0.25, 0.3) is 5.91 Å². The van der Waals surface area contributed by atoms with Crippen LogP contribution in [-0.4, -0.2) is 71.4 Å². The van der Waals surface area contributed by atoms with Crippen LogP contribution in [0.2, 0.25) is 0 Å². The van der Waals surface area contributed by atoms with E-state index in [4.69, 9.17) is 5.41 Å². The number of guanidine groups is 1. The van der Waals surface area contributed by atoms with Crippen LogP contribution in [0.15, 0.2) is 24.3 Å². The van der Waals surface area contributed by atoms with E-state index in [-0.39, 0.29) is 17.9 Å². The predicted molar refractivity (Wildman–Crippen MR) is 143 cm³/mol. The molecule has 2 aliphatic heterocycles. The van der Waals surface area contributed by atoms with Crippen molar-refractivity contribution in [2.24, 2.45) is 5.92 Å². The minimum atomic E-state index is -0.622. The third kappa shape index (κ3) is 6.38. The van der Waals surface area contributed by atoms with Gasteiger partial charge in [-0.2, -0.15) is 0 Å². The van der Waals surface area contributed by atoms with Gasteiger partial charge in [0, 0.05) is 32.7 Å². The van der Waals surface area contributed by atoms with E-state index in [1.165, 1.54) is 32.1 Å². The molecule has 0 radical (unpaired) electrons. The molecule has 36 heavy (non-hydrogen) atoms. The highest BCUT2D eigenvalue weighted by Crippen LogP contribution is 2.36. The van der Waals surface area contributed by atoms with Gasteiger partial charge in [-0.3, -0.25) is 15.1 Å². The molecule has 3 fully saturated rings. The van der Waals surface area contributed by atoms with Crippen LogP contribution in [0.4, 0.5) is 4.79 Å². The average Bonchev–Trinajstić information content (AvgIpc) is 3.12. The van der Waals surface area contributed by atoms with Gasteiger partial charge in [-0.25, -0.2) is 4.79 Å². The Kier molecular flexibility index (Phi) is 8.88. The van der Waals surface area contributed by atoms with Crippen molar-refractivity contribution in [3.05, 3.63) is 35.4 Å². The van der Waals surface area contributed by atoms with Crippen LogP contribution in [0.25, 0.3) is 0 Å². The molecule has 1 aromatic carbocycles. The summed E-state index contributed by atoms with van der Waals surface area (Å²) in [5.74, 6) is 0.866. The molecule has 1 aromatic rings. The number of rotatable bonds is 9. The maximum absolute atomic E-state index is 13.7. The first kappa shape index (κ1) is 26.5. The van der Waals surface area contributed by atoms with Gasteiger partial charge in [0.05, 0.1) is 6.54 Å². The Morgan fingerprint density at radius 2 is 1.75 bits per heavy atom. The normalized spacial score (nSPS) is 23.7. The van der Waals surface area contributed by atoms with Gasteiger partial charge in [-0.05, 0) is 36.9 Å². The summed E-state index contributed by atoms with van der Waals surface area (Å²) in [5.41, 5.74) is 1.40. The second-order valence-corrected chi connectivity index (χ2v) is 11.0. The standard InChI is InChI=1S/C28H44N6O2/c1-3-4-14-28(19-22-8-6-5-7-9-22)25(35)34(26(29)31-28)21-24-12-10-23(11-13-24)20-30-27(36)33-17-15-32(2)16-18-33/h10-13,22H,3-9,14-21H2,1-2H3,(H2,29,31)(H,30,36). The van der Waals surface area contributed by atoms with Gasteiger partial charge in [0.2, 0.25) is 0 Å². The van der Waals surface area contributed by atoms with Crippen LogP contribution in [0.1, 0.15) is 75.8 Å². The van der Waals surface area contributed by atoms with Crippen molar-refractivity contribution in [2.75, 3.05) is 33.2 Å². The van der Waals surface area contributed by atoms with Crippen LogP contribution in [0, 0.1) is 11.3 Å². The van der Waals surface area contributed by atoms with E-state index in [1.54, 1.807) is 4.90 Å². The molecular formula is C28H44N6O2. The monoisotopic (exact) mass is 496 g/mol. The number of hydrogen-bond acceptors (Lipinski definition) is 4. The molecule has 1 atom stereocenters. The molecule has 198 valence electrons. The summed E-state index contributed by atoms with van der Waals surface area (Å²) in [6.45, 7) is 6.36. The molecule has 8 heteroatoms. The second kappa shape index (κ2) is 12.1. The smallest absolute Gasteiger partial charge is 0.317 e. The number of piperazine rings is 1. The maximum atomic E-state index is 13.7. The number of carbonyl (C=O) groups excluding carboxylic acids is 2. The van der Waals surface area contributed by atoms with E-state index in [2.05, 4.69) is 29.5 Å². The summed E-state index contributed by atoms with van der Waals surface area (Å²) in [5, 5.41) is 15.0. The van der Waals surface area contributed by atoms with Gasteiger partial charge < -0.3 is 20.4 Å². The lowest BCUT2D eigenvalue weighted by Gasteiger charge is -2.33. The van der Waals surface area contributed by atoms with Crippen molar-refractivity contribution in [1.29, 1.82) is 5.41 Å². The zero-order chi connectivity index (χ0) is 25.5. The Bertz CT molecular complexity index is 905. The largest absolute Gasteiger partial charge is 0.342 e. The fourth-order valence-electron chi connectivity index (χ4n) is 5.87. The quantitative estimate of drug-likeness (QED) is 0.483. The predicted octanol–water partition coefficient (Wildman–Crippen LogP) is 3.91. The number of benzene rings is 1. The average molecular weight is 497 g/mol. The van der Waals surface area contributed by atoms with E-state index in [0.717, 1.165) is 63.0 Å². The van der Waals surface area contributed by atoms with Gasteiger partial charge in [0.1, 0.15) is 5.54 Å². The first-order valence-corrected chi connectivity index (χ1v) is 13.9. The highest BCUT2D eigenvalue weighted by Gasteiger charge is 2.49. The van der Waals surface area contributed by atoms with Crippen molar-refractivity contribution in [3.63, 3.8) is 0 Å². The van der Waals surface area contributed by atoms with Crippen LogP contribution in [0.3, 0.4) is 0 Å². The molecule has 2 saturated heterocycles. The number of amides is 3. The van der Waals surface area contributed by atoms with Gasteiger partial charge in [0.15, 0.2) is 5.96 Å². The van der Waals surface area contributed by atoms with Crippen LogP contribution >= 0.6 is 0 Å². The molecule has 0 spiro atoms. The third-order valence-corrected chi connectivity index (χ3v) is 8.20. The molecule has 3 aliphatic rings. The van der Waals surface area contributed by atoms with E-state index >= 15 is 0 Å². The molecule has 1 saturated carbocycles. The number of nitrogens with zero attached hydrogens (tertiary/aromatic N) is 3. The van der Waals surface area contributed by atoms with E-state index in [9.17, 15) is 9.59 Å². The zero-order valence-corrected chi connectivity index (χ0v) is 22.2. The van der Waals surface area contributed by atoms with Crippen molar-refractivity contribution >= 4 is 17.9 Å². The van der Waals surface area contributed by atoms with Gasteiger partial charge in [-0.15, -0.1) is 0 Å². The summed E-state index contributed by atoms with van der Waals surface area (Å²) in [6, 6.07) is 8.00. The molecule has 3 N–H and O–H groups in total. The van der Waals surface area contributed by atoms with Gasteiger partial charge in [-0.1, -0.05) is 76.1 Å². The number of unbranched alkanes of at least 4 members (excludes halogenated alkanes) is 1. The number of hydrogen-bond donors (Lipinski definition) is 3. The van der Waals surface area contributed by atoms with Crippen molar-refractivity contribution < 1.29 is 9.59 Å². The minimum Gasteiger partial charge on any atom is -0.342 e. The molecule has 1 aliphatic carbocycles. The molecule has 0 aromatic heterocycles. The number of likely N-dealkylation sites (N-methyl/N-ethyl adjacent to an activating group) is 1. The summed E-state index contributed by atoms with van der Waals surface area (Å²) in [7, 11) is 2.08. The Balaban J connectivity index is 1.34. The number of nitrogens with one attached hydrogen (secondary N) is 3. The van der Waals surface area contributed by atoms with Crippen molar-refractivity contribution in [1.82, 2.24) is 25.3 Å². The summed E-state index contributed by atoms with van der Waals surface area (Å²) < 4.78 is 0. The second-order valence-electron chi connectivity index (χ2n) is 11.0. The Morgan fingerprint density at radius 1 is 1.08 bits per heavy atom. The molecule has 3 amide bonds. The molecule has 0 bridgehead atoms. The van der Waals surface area contributed by atoms with E-state index < -0.39 is 5.54 Å².